The third kappa shape index (κ3) is 2.31. The lowest BCUT2D eigenvalue weighted by molar-refractivity contribution is 0.0652. The van der Waals surface area contributed by atoms with Gasteiger partial charge in [0.05, 0.1) is 10.9 Å². The molecule has 3 rings (SSSR count). The number of H-pyrrole nitrogens is 1. The van der Waals surface area contributed by atoms with E-state index in [1.54, 1.807) is 29.2 Å². The molecule has 0 unspecified atom stereocenters. The number of carbonyl (C=O) groups is 1. The molecule has 21 heavy (non-hydrogen) atoms. The van der Waals surface area contributed by atoms with E-state index >= 15 is 0 Å². The second-order valence-electron chi connectivity index (χ2n) is 5.04. The first kappa shape index (κ1) is 13.8. The third-order valence-corrected chi connectivity index (χ3v) is 4.01. The fraction of sp³-hybridized carbons (Fsp3) is 0.267. The van der Waals surface area contributed by atoms with Gasteiger partial charge in [-0.1, -0.05) is 6.08 Å². The first-order chi connectivity index (χ1) is 10.1. The lowest BCUT2D eigenvalue weighted by Gasteiger charge is -2.30. The highest BCUT2D eigenvalue weighted by Crippen LogP contribution is 2.16. The van der Waals surface area contributed by atoms with Crippen molar-refractivity contribution in [3.8, 4) is 0 Å². The molecule has 0 saturated carbocycles. The van der Waals surface area contributed by atoms with Crippen molar-refractivity contribution in [2.75, 3.05) is 13.1 Å². The van der Waals surface area contributed by atoms with E-state index in [4.69, 9.17) is 12.2 Å². The molecule has 1 aromatic carbocycles. The van der Waals surface area contributed by atoms with Crippen molar-refractivity contribution < 1.29 is 4.79 Å². The lowest BCUT2D eigenvalue weighted by Crippen LogP contribution is -2.42. The van der Waals surface area contributed by atoms with Crippen LogP contribution in [0.2, 0.25) is 0 Å². The van der Waals surface area contributed by atoms with Crippen molar-refractivity contribution in [3.05, 3.63) is 51.5 Å². The molecule has 0 bridgehead atoms. The zero-order valence-electron chi connectivity index (χ0n) is 11.5. The van der Waals surface area contributed by atoms with E-state index in [0.717, 1.165) is 19.5 Å². The van der Waals surface area contributed by atoms with Gasteiger partial charge in [0.25, 0.3) is 11.5 Å². The number of aromatic nitrogens is 2. The minimum Gasteiger partial charge on any atom is -0.339 e. The molecule has 1 amide bonds. The molecule has 1 saturated heterocycles. The van der Waals surface area contributed by atoms with E-state index in [0.29, 0.717) is 27.8 Å². The van der Waals surface area contributed by atoms with Gasteiger partial charge in [-0.3, -0.25) is 14.2 Å². The number of likely N-dealkylation sites (tertiary alicyclic amines) is 1. The molecule has 108 valence electrons. The lowest BCUT2D eigenvalue weighted by atomic mass is 10.1. The quantitative estimate of drug-likeness (QED) is 0.697. The average Bonchev–Trinajstić information content (AvgIpc) is 2.41. The monoisotopic (exact) mass is 301 g/mol. The molecule has 0 spiro atoms. The van der Waals surface area contributed by atoms with Crippen molar-refractivity contribution in [2.45, 2.75) is 13.0 Å². The van der Waals surface area contributed by atoms with Crippen LogP contribution in [0.15, 0.2) is 35.6 Å². The van der Waals surface area contributed by atoms with Gasteiger partial charge in [0.2, 0.25) is 0 Å². The fourth-order valence-corrected chi connectivity index (χ4v) is 2.65. The summed E-state index contributed by atoms with van der Waals surface area (Å²) in [5.41, 5.74) is 1.00. The molecular weight excluding hydrogens is 286 g/mol. The van der Waals surface area contributed by atoms with Crippen molar-refractivity contribution in [1.29, 1.82) is 0 Å². The second kappa shape index (κ2) is 5.29. The Morgan fingerprint density at radius 2 is 2.19 bits per heavy atom. The topological polar surface area (TPSA) is 58.1 Å². The van der Waals surface area contributed by atoms with Crippen LogP contribution < -0.4 is 5.56 Å². The number of allylic oxidation sites excluding steroid dienone is 1. The van der Waals surface area contributed by atoms with Gasteiger partial charge in [-0.05, 0) is 36.8 Å². The summed E-state index contributed by atoms with van der Waals surface area (Å²) >= 11 is 5.19. The zero-order valence-corrected chi connectivity index (χ0v) is 12.3. The normalized spacial score (nSPS) is 14.0. The third-order valence-electron chi connectivity index (χ3n) is 3.68. The summed E-state index contributed by atoms with van der Waals surface area (Å²) in [4.78, 5) is 29.4. The highest BCUT2D eigenvalue weighted by atomic mass is 32.1. The molecule has 5 nitrogen and oxygen atoms in total. The van der Waals surface area contributed by atoms with Crippen molar-refractivity contribution in [1.82, 2.24) is 14.5 Å². The van der Waals surface area contributed by atoms with Gasteiger partial charge < -0.3 is 9.88 Å². The van der Waals surface area contributed by atoms with Crippen LogP contribution in [0.3, 0.4) is 0 Å². The largest absolute Gasteiger partial charge is 0.339 e. The van der Waals surface area contributed by atoms with Crippen LogP contribution in [-0.4, -0.2) is 33.4 Å². The predicted octanol–water partition coefficient (Wildman–Crippen LogP) is 2.09. The predicted molar refractivity (Wildman–Crippen MR) is 84.1 cm³/mol. The summed E-state index contributed by atoms with van der Waals surface area (Å²) in [7, 11) is 0. The summed E-state index contributed by atoms with van der Waals surface area (Å²) in [6, 6.07) is 5.07. The number of aromatic amines is 1. The Labute approximate surface area is 126 Å². The first-order valence-corrected chi connectivity index (χ1v) is 7.19. The van der Waals surface area contributed by atoms with Gasteiger partial charge in [-0.15, -0.1) is 6.58 Å². The molecule has 0 aliphatic carbocycles. The van der Waals surface area contributed by atoms with E-state index in [9.17, 15) is 9.59 Å². The maximum absolute atomic E-state index is 12.4. The molecule has 1 aromatic heterocycles. The van der Waals surface area contributed by atoms with Crippen LogP contribution >= 0.6 is 12.2 Å². The summed E-state index contributed by atoms with van der Waals surface area (Å²) in [6.07, 6.45) is 2.67. The number of amides is 1. The number of hydrogen-bond acceptors (Lipinski definition) is 3. The number of fused-ring (bicyclic) bond motifs is 1. The van der Waals surface area contributed by atoms with E-state index in [-0.39, 0.29) is 11.5 Å². The molecule has 1 aliphatic rings. The molecule has 1 aliphatic heterocycles. The molecule has 0 radical (unpaired) electrons. The molecule has 2 aromatic rings. The summed E-state index contributed by atoms with van der Waals surface area (Å²) in [6.45, 7) is 5.58. The summed E-state index contributed by atoms with van der Waals surface area (Å²) in [5.74, 6) is -0.00209. The standard InChI is InChI=1S/C15H15N3O2S/c1-2-6-18-14(20)11-5-4-10(9-12(11)16-15(18)21)13(19)17-7-3-8-17/h2,4-5,9H,1,3,6-8H2,(H,16,21). The van der Waals surface area contributed by atoms with Crippen molar-refractivity contribution in [3.63, 3.8) is 0 Å². The zero-order chi connectivity index (χ0) is 15.0. The SMILES string of the molecule is C=CCn1c(=S)[nH]c2cc(C(=O)N3CCC3)ccc2c1=O. The van der Waals surface area contributed by atoms with Gasteiger partial charge in [0, 0.05) is 25.2 Å². The van der Waals surface area contributed by atoms with Gasteiger partial charge in [0.15, 0.2) is 4.77 Å². The van der Waals surface area contributed by atoms with E-state index < -0.39 is 0 Å². The van der Waals surface area contributed by atoms with Crippen LogP contribution in [0, 0.1) is 4.77 Å². The van der Waals surface area contributed by atoms with Gasteiger partial charge in [-0.2, -0.15) is 0 Å². The van der Waals surface area contributed by atoms with Crippen LogP contribution in [0.1, 0.15) is 16.8 Å². The summed E-state index contributed by atoms with van der Waals surface area (Å²) in [5, 5.41) is 0.519. The number of rotatable bonds is 3. The highest BCUT2D eigenvalue weighted by molar-refractivity contribution is 7.71. The number of nitrogens with one attached hydrogen (secondary N) is 1. The minimum atomic E-state index is -0.170. The molecule has 1 fully saturated rings. The first-order valence-electron chi connectivity index (χ1n) is 6.79. The number of benzene rings is 1. The van der Waals surface area contributed by atoms with E-state index in [2.05, 4.69) is 11.6 Å². The Morgan fingerprint density at radius 3 is 2.81 bits per heavy atom. The van der Waals surface area contributed by atoms with Crippen LogP contribution in [0.25, 0.3) is 10.9 Å². The molecule has 6 heteroatoms. The Morgan fingerprint density at radius 1 is 1.43 bits per heavy atom. The molecular formula is C15H15N3O2S. The average molecular weight is 301 g/mol. The molecule has 0 atom stereocenters. The van der Waals surface area contributed by atoms with Crippen LogP contribution in [-0.2, 0) is 6.54 Å². The van der Waals surface area contributed by atoms with Crippen LogP contribution in [0.4, 0.5) is 0 Å². The summed E-state index contributed by atoms with van der Waals surface area (Å²) < 4.78 is 1.78. The Bertz CT molecular complexity index is 846. The maximum atomic E-state index is 12.4. The van der Waals surface area contributed by atoms with E-state index in [1.807, 2.05) is 0 Å². The fourth-order valence-electron chi connectivity index (χ4n) is 2.38. The minimum absolute atomic E-state index is 0.00209. The number of nitrogens with zero attached hydrogens (tertiary/aromatic N) is 2. The number of hydrogen-bond donors (Lipinski definition) is 1. The smallest absolute Gasteiger partial charge is 0.262 e. The van der Waals surface area contributed by atoms with Crippen LogP contribution in [0.5, 0.6) is 0 Å². The second-order valence-corrected chi connectivity index (χ2v) is 5.43. The maximum Gasteiger partial charge on any atom is 0.262 e. The van der Waals surface area contributed by atoms with Gasteiger partial charge in [0.1, 0.15) is 0 Å². The molecule has 2 heterocycles. The Hall–Kier alpha value is -2.21. The highest BCUT2D eigenvalue weighted by Gasteiger charge is 2.21. The van der Waals surface area contributed by atoms with Crippen molar-refractivity contribution in [2.24, 2.45) is 0 Å². The Kier molecular flexibility index (Phi) is 3.47. The van der Waals surface area contributed by atoms with Crippen molar-refractivity contribution >= 4 is 29.0 Å². The van der Waals surface area contributed by atoms with Gasteiger partial charge >= 0.3 is 0 Å². The molecule has 1 N–H and O–H groups in total. The van der Waals surface area contributed by atoms with Gasteiger partial charge in [-0.25, -0.2) is 0 Å². The number of carbonyl (C=O) groups excluding carboxylic acids is 1. The van der Waals surface area contributed by atoms with E-state index in [1.165, 1.54) is 4.57 Å². The Balaban J connectivity index is 2.12.